The van der Waals surface area contributed by atoms with E-state index < -0.39 is 0 Å². The second kappa shape index (κ2) is 4.76. The summed E-state index contributed by atoms with van der Waals surface area (Å²) >= 11 is 1.61. The first-order valence-electron chi connectivity index (χ1n) is 5.65. The zero-order chi connectivity index (χ0) is 12.4. The van der Waals surface area contributed by atoms with Gasteiger partial charge in [-0.25, -0.2) is 4.98 Å². The van der Waals surface area contributed by atoms with Gasteiger partial charge in [-0.2, -0.15) is 0 Å². The van der Waals surface area contributed by atoms with E-state index in [0.717, 1.165) is 27.6 Å². The number of aromatic nitrogens is 1. The minimum atomic E-state index is 0.546. The van der Waals surface area contributed by atoms with Crippen LogP contribution in [0.2, 0.25) is 0 Å². The predicted octanol–water partition coefficient (Wildman–Crippen LogP) is 3.53. The number of rotatable bonds is 3. The maximum Gasteiger partial charge on any atom is 0.153 e. The first kappa shape index (κ1) is 11.2. The van der Waals surface area contributed by atoms with Gasteiger partial charge in [0.1, 0.15) is 10.7 Å². The third-order valence-electron chi connectivity index (χ3n) is 2.69. The fraction of sp³-hybridized carbons (Fsp3) is 0.0714. The molecule has 0 bridgehead atoms. The summed E-state index contributed by atoms with van der Waals surface area (Å²) in [5, 5.41) is 2.99. The molecule has 2 N–H and O–H groups in total. The van der Waals surface area contributed by atoms with Gasteiger partial charge in [0.15, 0.2) is 5.76 Å². The molecular weight excluding hydrogens is 244 g/mol. The van der Waals surface area contributed by atoms with Crippen LogP contribution in [-0.4, -0.2) is 4.98 Å². The number of thiazole rings is 1. The number of nitrogens with zero attached hydrogens (tertiary/aromatic N) is 1. The molecular formula is C14H12N2OS. The van der Waals surface area contributed by atoms with Crippen molar-refractivity contribution in [3.8, 4) is 22.0 Å². The highest BCUT2D eigenvalue weighted by molar-refractivity contribution is 7.13. The molecule has 0 saturated heterocycles. The zero-order valence-electron chi connectivity index (χ0n) is 9.67. The summed E-state index contributed by atoms with van der Waals surface area (Å²) in [4.78, 5) is 4.58. The van der Waals surface area contributed by atoms with Crippen molar-refractivity contribution >= 4 is 11.3 Å². The number of hydrogen-bond donors (Lipinski definition) is 1. The summed E-state index contributed by atoms with van der Waals surface area (Å²) < 4.78 is 5.34. The minimum absolute atomic E-state index is 0.546. The van der Waals surface area contributed by atoms with Crippen LogP contribution in [0.15, 0.2) is 52.5 Å². The summed E-state index contributed by atoms with van der Waals surface area (Å²) in [7, 11) is 0. The van der Waals surface area contributed by atoms with Crippen molar-refractivity contribution in [2.75, 3.05) is 0 Å². The first-order chi connectivity index (χ1) is 8.86. The van der Waals surface area contributed by atoms with Crippen molar-refractivity contribution in [1.29, 1.82) is 0 Å². The van der Waals surface area contributed by atoms with Gasteiger partial charge in [0.2, 0.25) is 0 Å². The quantitative estimate of drug-likeness (QED) is 0.780. The van der Waals surface area contributed by atoms with Gasteiger partial charge in [-0.3, -0.25) is 0 Å². The Labute approximate surface area is 109 Å². The highest BCUT2D eigenvalue weighted by Crippen LogP contribution is 2.29. The molecule has 2 heterocycles. The third kappa shape index (κ3) is 2.08. The van der Waals surface area contributed by atoms with Crippen LogP contribution in [0.1, 0.15) is 5.56 Å². The van der Waals surface area contributed by atoms with E-state index in [1.807, 2.05) is 35.7 Å². The second-order valence-corrected chi connectivity index (χ2v) is 4.78. The van der Waals surface area contributed by atoms with Crippen LogP contribution >= 0.6 is 11.3 Å². The van der Waals surface area contributed by atoms with Crippen LogP contribution < -0.4 is 5.73 Å². The average molecular weight is 256 g/mol. The molecule has 0 spiro atoms. The maximum atomic E-state index is 5.65. The van der Waals surface area contributed by atoms with Crippen LogP contribution in [0, 0.1) is 0 Å². The molecule has 0 saturated carbocycles. The van der Waals surface area contributed by atoms with E-state index in [1.54, 1.807) is 17.6 Å². The Morgan fingerprint density at radius 1 is 1.22 bits per heavy atom. The number of benzene rings is 1. The Kier molecular flexibility index (Phi) is 2.96. The Morgan fingerprint density at radius 2 is 2.17 bits per heavy atom. The van der Waals surface area contributed by atoms with E-state index in [1.165, 1.54) is 0 Å². The van der Waals surface area contributed by atoms with Gasteiger partial charge < -0.3 is 10.2 Å². The molecule has 3 aromatic rings. The summed E-state index contributed by atoms with van der Waals surface area (Å²) in [5.74, 6) is 0.799. The molecule has 0 unspecified atom stereocenters. The lowest BCUT2D eigenvalue weighted by molar-refractivity contribution is 0.580. The first-order valence-corrected chi connectivity index (χ1v) is 6.53. The van der Waals surface area contributed by atoms with E-state index in [0.29, 0.717) is 6.54 Å². The molecule has 1 aromatic carbocycles. The Bertz CT molecular complexity index is 643. The molecule has 90 valence electrons. The fourth-order valence-electron chi connectivity index (χ4n) is 1.78. The Balaban J connectivity index is 1.97. The smallest absolute Gasteiger partial charge is 0.153 e. The summed E-state index contributed by atoms with van der Waals surface area (Å²) in [6.45, 7) is 0.546. The molecule has 0 aliphatic heterocycles. The summed E-state index contributed by atoms with van der Waals surface area (Å²) in [5.41, 5.74) is 8.73. The van der Waals surface area contributed by atoms with Crippen LogP contribution in [-0.2, 0) is 6.54 Å². The molecule has 3 rings (SSSR count). The monoisotopic (exact) mass is 256 g/mol. The molecule has 4 heteroatoms. The van der Waals surface area contributed by atoms with Crippen molar-refractivity contribution < 1.29 is 4.42 Å². The lowest BCUT2D eigenvalue weighted by Gasteiger charge is -1.99. The van der Waals surface area contributed by atoms with E-state index in [-0.39, 0.29) is 0 Å². The molecule has 2 aromatic heterocycles. The number of furan rings is 1. The largest absolute Gasteiger partial charge is 0.463 e. The van der Waals surface area contributed by atoms with Crippen LogP contribution in [0.4, 0.5) is 0 Å². The van der Waals surface area contributed by atoms with Crippen molar-refractivity contribution in [2.45, 2.75) is 6.54 Å². The highest BCUT2D eigenvalue weighted by atomic mass is 32.1. The SMILES string of the molecule is NCc1cccc(-c2nc(-c3ccco3)cs2)c1. The molecule has 0 atom stereocenters. The van der Waals surface area contributed by atoms with Gasteiger partial charge >= 0.3 is 0 Å². The Morgan fingerprint density at radius 3 is 2.94 bits per heavy atom. The third-order valence-corrected chi connectivity index (χ3v) is 3.58. The molecule has 0 aliphatic rings. The molecule has 0 fully saturated rings. The van der Waals surface area contributed by atoms with Gasteiger partial charge in [-0.05, 0) is 23.8 Å². The second-order valence-electron chi connectivity index (χ2n) is 3.92. The van der Waals surface area contributed by atoms with Crippen molar-refractivity contribution in [3.63, 3.8) is 0 Å². The predicted molar refractivity (Wildman–Crippen MR) is 73.1 cm³/mol. The lowest BCUT2D eigenvalue weighted by atomic mass is 10.1. The lowest BCUT2D eigenvalue weighted by Crippen LogP contribution is -1.95. The molecule has 18 heavy (non-hydrogen) atoms. The van der Waals surface area contributed by atoms with Crippen molar-refractivity contribution in [2.24, 2.45) is 5.73 Å². The van der Waals surface area contributed by atoms with Gasteiger partial charge in [-0.1, -0.05) is 18.2 Å². The summed E-state index contributed by atoms with van der Waals surface area (Å²) in [6.07, 6.45) is 1.66. The van der Waals surface area contributed by atoms with E-state index in [9.17, 15) is 0 Å². The number of hydrogen-bond acceptors (Lipinski definition) is 4. The molecule has 0 amide bonds. The van der Waals surface area contributed by atoms with Crippen LogP contribution in [0.5, 0.6) is 0 Å². The van der Waals surface area contributed by atoms with Crippen LogP contribution in [0.25, 0.3) is 22.0 Å². The fourth-order valence-corrected chi connectivity index (χ4v) is 2.58. The van der Waals surface area contributed by atoms with Crippen molar-refractivity contribution in [3.05, 3.63) is 53.6 Å². The van der Waals surface area contributed by atoms with Gasteiger partial charge in [0, 0.05) is 17.5 Å². The normalized spacial score (nSPS) is 10.7. The molecule has 0 radical (unpaired) electrons. The molecule has 3 nitrogen and oxygen atoms in total. The van der Waals surface area contributed by atoms with E-state index in [2.05, 4.69) is 11.1 Å². The van der Waals surface area contributed by atoms with Crippen molar-refractivity contribution in [1.82, 2.24) is 4.98 Å². The summed E-state index contributed by atoms with van der Waals surface area (Å²) in [6, 6.07) is 11.9. The van der Waals surface area contributed by atoms with E-state index in [4.69, 9.17) is 10.2 Å². The topological polar surface area (TPSA) is 52.0 Å². The van der Waals surface area contributed by atoms with Gasteiger partial charge in [0.25, 0.3) is 0 Å². The number of nitrogens with two attached hydrogens (primary N) is 1. The molecule has 0 aliphatic carbocycles. The zero-order valence-corrected chi connectivity index (χ0v) is 10.5. The van der Waals surface area contributed by atoms with Crippen LogP contribution in [0.3, 0.4) is 0 Å². The van der Waals surface area contributed by atoms with Gasteiger partial charge in [-0.15, -0.1) is 11.3 Å². The van der Waals surface area contributed by atoms with E-state index >= 15 is 0 Å². The average Bonchev–Trinajstić information content (AvgIpc) is 3.09. The Hall–Kier alpha value is -1.91. The highest BCUT2D eigenvalue weighted by Gasteiger charge is 2.08. The minimum Gasteiger partial charge on any atom is -0.463 e. The van der Waals surface area contributed by atoms with Gasteiger partial charge in [0.05, 0.1) is 6.26 Å². The maximum absolute atomic E-state index is 5.65. The standard InChI is InChI=1S/C14H12N2OS/c15-8-10-3-1-4-11(7-10)14-16-12(9-18-14)13-5-2-6-17-13/h1-7,9H,8,15H2.